The number of carbonyl (C=O) groups excluding carboxylic acids is 2. The molecule has 0 radical (unpaired) electrons. The van der Waals surface area contributed by atoms with E-state index in [1.165, 1.54) is 14.2 Å². The van der Waals surface area contributed by atoms with Gasteiger partial charge in [0.25, 0.3) is 0 Å². The zero-order chi connectivity index (χ0) is 11.0. The molecule has 0 atom stereocenters. The normalized spacial score (nSPS) is 10.8. The molecule has 0 rings (SSSR count). The first kappa shape index (κ1) is 13.0. The van der Waals surface area contributed by atoms with E-state index in [0.717, 1.165) is 0 Å². The van der Waals surface area contributed by atoms with Crippen LogP contribution in [-0.4, -0.2) is 41.3 Å². The summed E-state index contributed by atoms with van der Waals surface area (Å²) in [7, 11) is 0.0588. The molecule has 0 fully saturated rings. The van der Waals surface area contributed by atoms with Gasteiger partial charge in [0.05, 0.1) is 0 Å². The van der Waals surface area contributed by atoms with Gasteiger partial charge in [0.15, 0.2) is 5.91 Å². The number of hydrogen-bond acceptors (Lipinski definition) is 5. The highest BCUT2D eigenvalue weighted by atomic mass is 28.4. The topological polar surface area (TPSA) is 103 Å². The lowest BCUT2D eigenvalue weighted by Crippen LogP contribution is -2.47. The Labute approximate surface area is 83.2 Å². The van der Waals surface area contributed by atoms with E-state index in [4.69, 9.17) is 14.7 Å². The monoisotopic (exact) mass is 221 g/mol. The first-order valence-electron chi connectivity index (χ1n) is 3.95. The fourth-order valence-electron chi connectivity index (χ4n) is 0.844. The Balaban J connectivity index is 3.94. The molecule has 0 aromatic heterocycles. The van der Waals surface area contributed by atoms with E-state index in [9.17, 15) is 9.59 Å². The number of urea groups is 1. The van der Waals surface area contributed by atoms with E-state index < -0.39 is 14.6 Å². The Hall–Kier alpha value is -0.963. The van der Waals surface area contributed by atoms with Gasteiger partial charge in [-0.15, -0.1) is 0 Å². The molecule has 0 unspecified atom stereocenters. The van der Waals surface area contributed by atoms with Crippen molar-refractivity contribution >= 4 is 20.5 Å². The van der Waals surface area contributed by atoms with Crippen LogP contribution in [0.4, 0.5) is 4.79 Å². The summed E-state index contributed by atoms with van der Waals surface area (Å²) in [6.07, 6.45) is 0. The Bertz CT molecular complexity index is 198. The lowest BCUT2D eigenvalue weighted by Gasteiger charge is -2.20. The van der Waals surface area contributed by atoms with Crippen LogP contribution in [0.5, 0.6) is 0 Å². The average molecular weight is 221 g/mol. The van der Waals surface area contributed by atoms with Crippen LogP contribution in [0.2, 0.25) is 6.04 Å². The van der Waals surface area contributed by atoms with Gasteiger partial charge in [0.1, 0.15) is 0 Å². The number of rotatable bonds is 6. The minimum Gasteiger partial charge on any atom is -0.393 e. The van der Waals surface area contributed by atoms with Gasteiger partial charge in [-0.2, -0.15) is 0 Å². The molecule has 0 aromatic rings. The van der Waals surface area contributed by atoms with E-state index in [1.54, 1.807) is 0 Å². The second-order valence-electron chi connectivity index (χ2n) is 2.49. The number of carbonyl (C=O) groups is 2. The molecule has 0 aliphatic carbocycles. The van der Waals surface area contributed by atoms with Crippen LogP contribution in [0.15, 0.2) is 0 Å². The summed E-state index contributed by atoms with van der Waals surface area (Å²) in [5.74, 6) is 5.51. The number of amides is 2. The molecule has 8 heteroatoms. The van der Waals surface area contributed by atoms with Crippen LogP contribution < -0.4 is 16.6 Å². The Morgan fingerprint density at radius 3 is 2.43 bits per heavy atom. The smallest absolute Gasteiger partial charge is 0.393 e. The molecule has 7 nitrogen and oxygen atoms in total. The highest BCUT2D eigenvalue weighted by Crippen LogP contribution is 2.06. The minimum absolute atomic E-state index is 0.273. The van der Waals surface area contributed by atoms with E-state index in [0.29, 0.717) is 12.0 Å². The zero-order valence-corrected chi connectivity index (χ0v) is 9.20. The summed E-state index contributed by atoms with van der Waals surface area (Å²) < 4.78 is 9.99. The van der Waals surface area contributed by atoms with Crippen molar-refractivity contribution in [1.29, 1.82) is 0 Å². The molecule has 0 aromatic carbocycles. The molecule has 0 saturated carbocycles. The zero-order valence-electron chi connectivity index (χ0n) is 8.20. The molecule has 0 aliphatic rings. The predicted molar refractivity (Wildman–Crippen MR) is 52.1 cm³/mol. The summed E-state index contributed by atoms with van der Waals surface area (Å²) in [4.78, 5) is 21.4. The summed E-state index contributed by atoms with van der Waals surface area (Å²) in [6, 6.07) is -0.164. The molecular formula is C6H15N3O4Si. The van der Waals surface area contributed by atoms with Crippen molar-refractivity contribution in [2.24, 2.45) is 5.84 Å². The minimum atomic E-state index is -2.76. The third-order valence-electron chi connectivity index (χ3n) is 1.76. The van der Waals surface area contributed by atoms with E-state index in [-0.39, 0.29) is 6.54 Å². The van der Waals surface area contributed by atoms with Crippen molar-refractivity contribution in [2.45, 2.75) is 6.04 Å². The largest absolute Gasteiger partial charge is 0.407 e. The molecule has 0 spiro atoms. The van der Waals surface area contributed by atoms with Crippen LogP contribution in [0.1, 0.15) is 0 Å². The van der Waals surface area contributed by atoms with Crippen molar-refractivity contribution in [3.63, 3.8) is 0 Å². The molecule has 82 valence electrons. The molecule has 0 saturated heterocycles. The van der Waals surface area contributed by atoms with Crippen LogP contribution in [0.25, 0.3) is 0 Å². The van der Waals surface area contributed by atoms with Gasteiger partial charge >= 0.3 is 14.6 Å². The summed E-state index contributed by atoms with van der Waals surface area (Å²) in [5, 5.41) is 2.43. The van der Waals surface area contributed by atoms with Gasteiger partial charge in [-0.05, 0) is 0 Å². The highest BCUT2D eigenvalue weighted by Gasteiger charge is 2.35. The fraction of sp³-hybridized carbons (Fsp3) is 0.667. The van der Waals surface area contributed by atoms with Gasteiger partial charge in [-0.25, -0.2) is 10.6 Å². The molecular weight excluding hydrogens is 206 g/mol. The molecule has 14 heavy (non-hydrogen) atoms. The number of nitrogens with two attached hydrogens (primary N) is 1. The van der Waals surface area contributed by atoms with Crippen LogP contribution in [0.3, 0.4) is 0 Å². The summed E-state index contributed by atoms with van der Waals surface area (Å²) in [5.41, 5.74) is 1.90. The average Bonchev–Trinajstić information content (AvgIpc) is 2.25. The highest BCUT2D eigenvalue weighted by molar-refractivity contribution is 6.91. The van der Waals surface area contributed by atoms with Crippen molar-refractivity contribution in [1.82, 2.24) is 10.7 Å². The SMILES string of the molecule is CO[Si](C=O)(CCNC(=O)NN)OC. The van der Waals surface area contributed by atoms with Crippen LogP contribution >= 0.6 is 0 Å². The number of hydrazine groups is 1. The standard InChI is InChI=1S/C6H15N3O4Si/c1-12-14(5-10,13-2)4-3-8-6(11)9-7/h5H,3-4,7H2,1-2H3,(H2,8,9,11). The van der Waals surface area contributed by atoms with E-state index in [2.05, 4.69) is 5.32 Å². The van der Waals surface area contributed by atoms with Crippen molar-refractivity contribution in [3.8, 4) is 0 Å². The first-order valence-corrected chi connectivity index (χ1v) is 6.05. The predicted octanol–water partition coefficient (Wildman–Crippen LogP) is -1.33. The van der Waals surface area contributed by atoms with Gasteiger partial charge in [-0.1, -0.05) is 0 Å². The maximum Gasteiger partial charge on any atom is 0.407 e. The fourth-order valence-corrected chi connectivity index (χ4v) is 2.20. The van der Waals surface area contributed by atoms with E-state index >= 15 is 0 Å². The second kappa shape index (κ2) is 6.48. The van der Waals surface area contributed by atoms with Gasteiger partial charge in [-0.3, -0.25) is 5.43 Å². The maximum absolute atomic E-state index is 10.7. The van der Waals surface area contributed by atoms with Gasteiger partial charge < -0.3 is 19.0 Å². The quantitative estimate of drug-likeness (QED) is 0.169. The molecule has 4 N–H and O–H groups in total. The number of nitrogens with one attached hydrogen (secondary N) is 2. The van der Waals surface area contributed by atoms with Crippen LogP contribution in [-0.2, 0) is 13.6 Å². The first-order chi connectivity index (χ1) is 6.64. The molecule has 0 heterocycles. The van der Waals surface area contributed by atoms with E-state index in [1.807, 2.05) is 5.43 Å². The third kappa shape index (κ3) is 3.83. The van der Waals surface area contributed by atoms with Crippen molar-refractivity contribution in [2.75, 3.05) is 20.8 Å². The lowest BCUT2D eigenvalue weighted by molar-refractivity contribution is 0.239. The third-order valence-corrected chi connectivity index (χ3v) is 4.45. The van der Waals surface area contributed by atoms with Crippen LogP contribution in [0, 0.1) is 0 Å². The van der Waals surface area contributed by atoms with Gasteiger partial charge in [0, 0.05) is 26.8 Å². The number of hydrogen-bond donors (Lipinski definition) is 3. The van der Waals surface area contributed by atoms with Crippen molar-refractivity contribution in [3.05, 3.63) is 0 Å². The summed E-state index contributed by atoms with van der Waals surface area (Å²) >= 11 is 0. The molecule has 2 amide bonds. The Kier molecular flexibility index (Phi) is 6.04. The van der Waals surface area contributed by atoms with Crippen molar-refractivity contribution < 1.29 is 18.4 Å². The Morgan fingerprint density at radius 1 is 1.50 bits per heavy atom. The summed E-state index contributed by atoms with van der Waals surface area (Å²) in [6.45, 7) is 0.273. The molecule has 0 bridgehead atoms. The second-order valence-corrected chi connectivity index (χ2v) is 5.66. The van der Waals surface area contributed by atoms with Gasteiger partial charge in [0.2, 0.25) is 0 Å². The maximum atomic E-state index is 10.7. The Morgan fingerprint density at radius 2 is 2.07 bits per heavy atom. The molecule has 0 aliphatic heterocycles. The lowest BCUT2D eigenvalue weighted by atomic mass is 10.7.